The Morgan fingerprint density at radius 3 is 2.76 bits per heavy atom. The predicted molar refractivity (Wildman–Crippen MR) is 147 cm³/mol. The molecular formula is C30H49NO5S. The molecule has 10 atom stereocenters. The van der Waals surface area contributed by atoms with Crippen molar-refractivity contribution in [3.63, 3.8) is 0 Å². The number of aromatic nitrogens is 1. The summed E-state index contributed by atoms with van der Waals surface area (Å²) < 4.78 is 9.82. The fourth-order valence-electron chi connectivity index (χ4n) is 8.95. The minimum absolute atomic E-state index is 0.173. The van der Waals surface area contributed by atoms with Crippen molar-refractivity contribution in [3.8, 4) is 5.75 Å². The predicted octanol–water partition coefficient (Wildman–Crippen LogP) is 6.65. The molecule has 0 saturated heterocycles. The molecule has 1 aromatic heterocycles. The summed E-state index contributed by atoms with van der Waals surface area (Å²) >= 11 is 0.963. The Labute approximate surface area is 227 Å². The van der Waals surface area contributed by atoms with E-state index in [1.807, 2.05) is 0 Å². The zero-order valence-corrected chi connectivity index (χ0v) is 24.1. The Hall–Kier alpha value is -1.18. The number of unbranched alkanes of at least 4 members (excludes halogenated alkanes) is 1. The van der Waals surface area contributed by atoms with Crippen LogP contribution in [0.15, 0.2) is 6.20 Å². The van der Waals surface area contributed by atoms with Crippen molar-refractivity contribution in [2.45, 2.75) is 111 Å². The van der Waals surface area contributed by atoms with Gasteiger partial charge >= 0.3 is 5.97 Å². The number of aliphatic hydroxyl groups excluding tert-OH is 2. The van der Waals surface area contributed by atoms with Crippen molar-refractivity contribution in [2.75, 3.05) is 6.61 Å². The van der Waals surface area contributed by atoms with Crippen LogP contribution in [-0.4, -0.2) is 44.5 Å². The highest BCUT2D eigenvalue weighted by molar-refractivity contribution is 7.08. The lowest BCUT2D eigenvalue weighted by molar-refractivity contribution is -0.130. The Morgan fingerprint density at radius 2 is 2.05 bits per heavy atom. The van der Waals surface area contributed by atoms with Gasteiger partial charge in [0.25, 0.3) is 0 Å². The molecule has 6 nitrogen and oxygen atoms in total. The first-order valence-electron chi connectivity index (χ1n) is 14.9. The zero-order chi connectivity index (χ0) is 26.7. The Morgan fingerprint density at radius 1 is 1.27 bits per heavy atom. The Bertz CT molecular complexity index is 891. The smallest absolute Gasteiger partial charge is 0.351 e. The molecule has 0 unspecified atom stereocenters. The maximum atomic E-state index is 11.8. The van der Waals surface area contributed by atoms with Crippen LogP contribution in [0.1, 0.15) is 108 Å². The molecule has 1 heterocycles. The average Bonchev–Trinajstić information content (AvgIpc) is 3.47. The summed E-state index contributed by atoms with van der Waals surface area (Å²) in [6, 6.07) is 0. The fraction of sp³-hybridized carbons (Fsp3) is 0.867. The monoisotopic (exact) mass is 535 g/mol. The maximum absolute atomic E-state index is 11.8. The minimum atomic E-state index is -0.984. The van der Waals surface area contributed by atoms with Gasteiger partial charge in [-0.3, -0.25) is 0 Å². The first-order valence-corrected chi connectivity index (χ1v) is 15.6. The third-order valence-corrected chi connectivity index (χ3v) is 11.5. The van der Waals surface area contributed by atoms with Gasteiger partial charge in [0.05, 0.1) is 25.0 Å². The Kier molecular flexibility index (Phi) is 9.61. The second-order valence-electron chi connectivity index (χ2n) is 12.7. The summed E-state index contributed by atoms with van der Waals surface area (Å²) in [6.07, 6.45) is 12.8. The van der Waals surface area contributed by atoms with Gasteiger partial charge in [0.1, 0.15) is 0 Å². The number of aromatic carboxylic acids is 1. The fourth-order valence-corrected chi connectivity index (χ4v) is 9.49. The summed E-state index contributed by atoms with van der Waals surface area (Å²) in [6.45, 7) is 9.72. The highest BCUT2D eigenvalue weighted by atomic mass is 32.1. The molecule has 0 radical (unpaired) electrons. The number of carboxylic acids is 1. The third-order valence-electron chi connectivity index (χ3n) is 10.8. The summed E-state index contributed by atoms with van der Waals surface area (Å²) in [7, 11) is 0. The van der Waals surface area contributed by atoms with Crippen LogP contribution in [0.3, 0.4) is 0 Å². The molecule has 1 aromatic rings. The number of aliphatic hydroxyl groups is 2. The van der Waals surface area contributed by atoms with Gasteiger partial charge in [0.15, 0.2) is 10.6 Å². The van der Waals surface area contributed by atoms with Crippen molar-refractivity contribution in [1.29, 1.82) is 0 Å². The van der Waals surface area contributed by atoms with E-state index in [2.05, 4.69) is 32.1 Å². The second kappa shape index (κ2) is 12.3. The van der Waals surface area contributed by atoms with Crippen molar-refractivity contribution in [2.24, 2.45) is 46.8 Å². The summed E-state index contributed by atoms with van der Waals surface area (Å²) in [5.41, 5.74) is 0.240. The van der Waals surface area contributed by atoms with Crippen LogP contribution in [0, 0.1) is 46.8 Å². The summed E-state index contributed by atoms with van der Waals surface area (Å²) in [5.74, 6) is 2.75. The van der Waals surface area contributed by atoms with E-state index >= 15 is 0 Å². The number of carbonyl (C=O) groups is 1. The van der Waals surface area contributed by atoms with Gasteiger partial charge in [0, 0.05) is 0 Å². The number of carboxylic acid groups (broad SMARTS) is 1. The van der Waals surface area contributed by atoms with E-state index < -0.39 is 5.97 Å². The average molecular weight is 536 g/mol. The maximum Gasteiger partial charge on any atom is 0.351 e. The summed E-state index contributed by atoms with van der Waals surface area (Å²) in [5, 5.41) is 31.7. The van der Waals surface area contributed by atoms with Crippen LogP contribution < -0.4 is 4.74 Å². The van der Waals surface area contributed by atoms with Crippen molar-refractivity contribution >= 4 is 17.5 Å². The molecule has 7 heteroatoms. The molecule has 3 saturated carbocycles. The van der Waals surface area contributed by atoms with Crippen LogP contribution in [0.25, 0.3) is 0 Å². The van der Waals surface area contributed by atoms with Gasteiger partial charge in [-0.15, -0.1) is 0 Å². The van der Waals surface area contributed by atoms with E-state index in [1.54, 1.807) is 0 Å². The van der Waals surface area contributed by atoms with Gasteiger partial charge in [-0.25, -0.2) is 4.79 Å². The molecule has 3 fully saturated rings. The molecule has 37 heavy (non-hydrogen) atoms. The first kappa shape index (κ1) is 28.8. The number of hydrogen-bond donors (Lipinski definition) is 3. The quantitative estimate of drug-likeness (QED) is 0.277. The van der Waals surface area contributed by atoms with E-state index in [-0.39, 0.29) is 22.5 Å². The van der Waals surface area contributed by atoms with Crippen LogP contribution in [0.5, 0.6) is 5.75 Å². The molecule has 0 bridgehead atoms. The lowest BCUT2D eigenvalue weighted by Crippen LogP contribution is -2.53. The van der Waals surface area contributed by atoms with E-state index in [9.17, 15) is 20.1 Å². The third kappa shape index (κ3) is 5.89. The molecule has 0 spiro atoms. The van der Waals surface area contributed by atoms with Gasteiger partial charge < -0.3 is 20.1 Å². The molecule has 3 aliphatic rings. The van der Waals surface area contributed by atoms with Crippen LogP contribution >= 0.6 is 11.5 Å². The summed E-state index contributed by atoms with van der Waals surface area (Å²) in [4.78, 5) is 11.5. The van der Waals surface area contributed by atoms with Crippen molar-refractivity contribution in [1.82, 2.24) is 4.37 Å². The molecule has 3 N–H and O–H groups in total. The number of rotatable bonds is 12. The minimum Gasteiger partial charge on any atom is -0.490 e. The highest BCUT2D eigenvalue weighted by Gasteiger charge is 2.59. The van der Waals surface area contributed by atoms with Crippen molar-refractivity contribution < 1.29 is 24.9 Å². The standard InChI is InChI=1S/C30H49NO5S/c1-5-7-8-21(32)16-20-15-19-11-13-30(4)23(9-10-24(30)26(19)27(33)22(20)6-2)18(3)12-14-36-25-17-31-37-28(25)29(34)35/h17-24,26-27,32-33H,5-16H2,1-4H3,(H,34,35)/t18-,19-,20+,21-,22-,23-,24+,26-,27-,30-/m1/s1. The van der Waals surface area contributed by atoms with Gasteiger partial charge in [-0.05, 0) is 110 Å². The normalized spacial score (nSPS) is 37.0. The number of fused-ring (bicyclic) bond motifs is 3. The molecule has 210 valence electrons. The van der Waals surface area contributed by atoms with E-state index in [1.165, 1.54) is 38.3 Å². The number of hydrogen-bond acceptors (Lipinski definition) is 6. The lowest BCUT2D eigenvalue weighted by atomic mass is 9.50. The zero-order valence-electron chi connectivity index (χ0n) is 23.3. The first-order chi connectivity index (χ1) is 17.7. The van der Waals surface area contributed by atoms with E-state index in [4.69, 9.17) is 4.74 Å². The van der Waals surface area contributed by atoms with Gasteiger partial charge in [-0.1, -0.05) is 47.0 Å². The molecule has 0 aliphatic heterocycles. The van der Waals surface area contributed by atoms with Gasteiger partial charge in [-0.2, -0.15) is 4.37 Å². The Balaban J connectivity index is 1.39. The topological polar surface area (TPSA) is 99.9 Å². The SMILES string of the molecule is CCCC[C@@H](O)C[C@@H]1C[C@H]2CC[C@]3(C)[C@@H]([C@H](C)CCOc4cnsc4C(=O)O)CC[C@H]3[C@@H]2[C@H](O)[C@@H]1CC. The van der Waals surface area contributed by atoms with Crippen LogP contribution in [-0.2, 0) is 0 Å². The number of nitrogens with zero attached hydrogens (tertiary/aromatic N) is 1. The van der Waals surface area contributed by atoms with Crippen LogP contribution in [0.2, 0.25) is 0 Å². The molecule has 0 amide bonds. The van der Waals surface area contributed by atoms with Gasteiger partial charge in [0.2, 0.25) is 0 Å². The second-order valence-corrected chi connectivity index (χ2v) is 13.5. The highest BCUT2D eigenvalue weighted by Crippen LogP contribution is 2.64. The van der Waals surface area contributed by atoms with Crippen LogP contribution in [0.4, 0.5) is 0 Å². The molecule has 3 aliphatic carbocycles. The molecule has 0 aromatic carbocycles. The number of ether oxygens (including phenoxy) is 1. The molecular weight excluding hydrogens is 486 g/mol. The lowest BCUT2D eigenvalue weighted by Gasteiger charge is -2.56. The van der Waals surface area contributed by atoms with E-state index in [0.29, 0.717) is 53.8 Å². The van der Waals surface area contributed by atoms with E-state index in [0.717, 1.165) is 50.1 Å². The van der Waals surface area contributed by atoms with Crippen molar-refractivity contribution in [3.05, 3.63) is 11.1 Å². The largest absolute Gasteiger partial charge is 0.490 e. The molecule has 4 rings (SSSR count).